The zero-order chi connectivity index (χ0) is 16.9. The number of nitrogens with zero attached hydrogens (tertiary/aromatic N) is 1. The highest BCUT2D eigenvalue weighted by Gasteiger charge is 2.42. The van der Waals surface area contributed by atoms with Crippen LogP contribution in [0.4, 0.5) is 10.1 Å². The molecule has 5 rings (SSSR count). The highest BCUT2D eigenvalue weighted by Crippen LogP contribution is 2.46. The topological polar surface area (TPSA) is 15.3 Å². The number of hydrogen-bond acceptors (Lipinski definition) is 2. The van der Waals surface area contributed by atoms with Crippen molar-refractivity contribution in [1.82, 2.24) is 4.90 Å². The monoisotopic (exact) mass is 342 g/mol. The summed E-state index contributed by atoms with van der Waals surface area (Å²) in [6.45, 7) is 4.68. The number of hydrogen-bond donors (Lipinski definition) is 1. The fourth-order valence-electron chi connectivity index (χ4n) is 6.36. The second-order valence-corrected chi connectivity index (χ2v) is 9.25. The Hall–Kier alpha value is -1.09. The van der Waals surface area contributed by atoms with Gasteiger partial charge in [-0.05, 0) is 80.3 Å². The van der Waals surface area contributed by atoms with Crippen LogP contribution in [0.25, 0.3) is 0 Å². The van der Waals surface area contributed by atoms with Crippen molar-refractivity contribution in [2.45, 2.75) is 56.8 Å². The highest BCUT2D eigenvalue weighted by molar-refractivity contribution is 5.60. The third kappa shape index (κ3) is 2.89. The quantitative estimate of drug-likeness (QED) is 0.830. The molecule has 1 aromatic carbocycles. The zero-order valence-electron chi connectivity index (χ0n) is 15.3. The molecular formula is C22H31FN2. The van der Waals surface area contributed by atoms with Crippen molar-refractivity contribution in [2.75, 3.05) is 31.5 Å². The number of halogens is 1. The molecule has 25 heavy (non-hydrogen) atoms. The van der Waals surface area contributed by atoms with E-state index in [0.717, 1.165) is 30.0 Å². The summed E-state index contributed by atoms with van der Waals surface area (Å²) in [7, 11) is 0. The number of piperidine rings is 1. The van der Waals surface area contributed by atoms with Crippen LogP contribution in [0.2, 0.25) is 0 Å². The van der Waals surface area contributed by atoms with Crippen LogP contribution in [0.1, 0.15) is 56.9 Å². The molecule has 3 unspecified atom stereocenters. The number of benzene rings is 1. The fourth-order valence-corrected chi connectivity index (χ4v) is 6.36. The van der Waals surface area contributed by atoms with Crippen molar-refractivity contribution in [2.24, 2.45) is 17.8 Å². The van der Waals surface area contributed by atoms with Gasteiger partial charge < -0.3 is 10.2 Å². The first-order valence-electron chi connectivity index (χ1n) is 10.5. The SMILES string of the molecule is Fc1ccc2c(c1)C1(CCN(CC3CCC4CCCC3C4)CC1)CN2. The van der Waals surface area contributed by atoms with Gasteiger partial charge in [-0.3, -0.25) is 0 Å². The molecule has 0 amide bonds. The molecule has 0 aromatic heterocycles. The molecule has 2 aliphatic carbocycles. The Kier molecular flexibility index (Phi) is 4.04. The molecule has 3 fully saturated rings. The molecule has 4 aliphatic rings. The minimum Gasteiger partial charge on any atom is -0.384 e. The molecule has 2 bridgehead atoms. The van der Waals surface area contributed by atoms with Crippen LogP contribution in [-0.2, 0) is 5.41 Å². The summed E-state index contributed by atoms with van der Waals surface area (Å²) in [5, 5.41) is 3.53. The van der Waals surface area contributed by atoms with Gasteiger partial charge in [0.25, 0.3) is 0 Å². The van der Waals surface area contributed by atoms with Gasteiger partial charge in [0.2, 0.25) is 0 Å². The molecular weight excluding hydrogens is 311 g/mol. The number of nitrogens with one attached hydrogen (secondary N) is 1. The first-order valence-corrected chi connectivity index (χ1v) is 10.5. The van der Waals surface area contributed by atoms with Crippen molar-refractivity contribution >= 4 is 5.69 Å². The van der Waals surface area contributed by atoms with Gasteiger partial charge in [0.05, 0.1) is 0 Å². The van der Waals surface area contributed by atoms with Crippen LogP contribution < -0.4 is 5.32 Å². The third-order valence-electron chi connectivity index (χ3n) is 7.91. The van der Waals surface area contributed by atoms with E-state index in [2.05, 4.69) is 10.2 Å². The van der Waals surface area contributed by atoms with E-state index in [1.807, 2.05) is 6.07 Å². The van der Waals surface area contributed by atoms with E-state index in [0.29, 0.717) is 0 Å². The summed E-state index contributed by atoms with van der Waals surface area (Å²) in [6.07, 6.45) is 11.3. The maximum absolute atomic E-state index is 13.8. The Balaban J connectivity index is 1.23. The molecule has 2 saturated carbocycles. The van der Waals surface area contributed by atoms with E-state index in [4.69, 9.17) is 0 Å². The molecule has 1 N–H and O–H groups in total. The molecule has 2 heterocycles. The van der Waals surface area contributed by atoms with Crippen molar-refractivity contribution in [3.8, 4) is 0 Å². The maximum atomic E-state index is 13.8. The Morgan fingerprint density at radius 2 is 2.00 bits per heavy atom. The summed E-state index contributed by atoms with van der Waals surface area (Å²) in [5.74, 6) is 2.91. The smallest absolute Gasteiger partial charge is 0.123 e. The summed E-state index contributed by atoms with van der Waals surface area (Å²) in [6, 6.07) is 5.29. The molecule has 3 heteroatoms. The van der Waals surface area contributed by atoms with Crippen LogP contribution in [0.15, 0.2) is 18.2 Å². The third-order valence-corrected chi connectivity index (χ3v) is 7.91. The minimum absolute atomic E-state index is 0.0849. The van der Waals surface area contributed by atoms with E-state index in [1.54, 1.807) is 12.1 Å². The van der Waals surface area contributed by atoms with Gasteiger partial charge in [-0.25, -0.2) is 4.39 Å². The van der Waals surface area contributed by atoms with E-state index in [9.17, 15) is 4.39 Å². The lowest BCUT2D eigenvalue weighted by Gasteiger charge is -2.45. The van der Waals surface area contributed by atoms with Gasteiger partial charge in [-0.2, -0.15) is 0 Å². The standard InChI is InChI=1S/C22H31FN2/c23-19-6-7-21-20(13-19)22(15-24-21)8-10-25(11-9-22)14-18-5-4-16-2-1-3-17(18)12-16/h6-7,13,16-18,24H,1-5,8-12,14-15H2. The van der Waals surface area contributed by atoms with Crippen LogP contribution in [-0.4, -0.2) is 31.1 Å². The predicted octanol–water partition coefficient (Wildman–Crippen LogP) is 4.80. The number of likely N-dealkylation sites (tertiary alicyclic amines) is 1. The summed E-state index contributed by atoms with van der Waals surface area (Å²) in [5.41, 5.74) is 2.58. The molecule has 2 nitrogen and oxygen atoms in total. The second-order valence-electron chi connectivity index (χ2n) is 9.25. The molecule has 1 aromatic rings. The maximum Gasteiger partial charge on any atom is 0.123 e. The normalized spacial score (nSPS) is 33.9. The lowest BCUT2D eigenvalue weighted by atomic mass is 9.66. The molecule has 136 valence electrons. The van der Waals surface area contributed by atoms with Gasteiger partial charge in [0.1, 0.15) is 5.82 Å². The molecule has 1 spiro atoms. The van der Waals surface area contributed by atoms with E-state index in [1.165, 1.54) is 76.6 Å². The summed E-state index contributed by atoms with van der Waals surface area (Å²) >= 11 is 0. The number of rotatable bonds is 2. The van der Waals surface area contributed by atoms with Crippen molar-refractivity contribution in [3.63, 3.8) is 0 Å². The molecule has 0 radical (unpaired) electrons. The Morgan fingerprint density at radius 3 is 2.88 bits per heavy atom. The van der Waals surface area contributed by atoms with Crippen molar-refractivity contribution in [3.05, 3.63) is 29.6 Å². The van der Waals surface area contributed by atoms with Gasteiger partial charge in [-0.1, -0.05) is 25.7 Å². The van der Waals surface area contributed by atoms with Crippen molar-refractivity contribution in [1.29, 1.82) is 0 Å². The van der Waals surface area contributed by atoms with Crippen molar-refractivity contribution < 1.29 is 4.39 Å². The first-order chi connectivity index (χ1) is 12.2. The van der Waals surface area contributed by atoms with Gasteiger partial charge in [-0.15, -0.1) is 0 Å². The average Bonchev–Trinajstić information content (AvgIpc) is 2.98. The van der Waals surface area contributed by atoms with Gasteiger partial charge in [0.15, 0.2) is 0 Å². The average molecular weight is 343 g/mol. The lowest BCUT2D eigenvalue weighted by molar-refractivity contribution is 0.0694. The molecule has 1 saturated heterocycles. The Bertz CT molecular complexity index is 635. The minimum atomic E-state index is -0.0849. The van der Waals surface area contributed by atoms with E-state index >= 15 is 0 Å². The zero-order valence-corrected chi connectivity index (χ0v) is 15.3. The Labute approximate surface area is 151 Å². The fraction of sp³-hybridized carbons (Fsp3) is 0.727. The lowest BCUT2D eigenvalue weighted by Crippen LogP contribution is -2.46. The molecule has 3 atom stereocenters. The molecule has 2 aliphatic heterocycles. The Morgan fingerprint density at radius 1 is 1.12 bits per heavy atom. The highest BCUT2D eigenvalue weighted by atomic mass is 19.1. The number of anilines is 1. The first kappa shape index (κ1) is 16.1. The summed E-state index contributed by atoms with van der Waals surface area (Å²) < 4.78 is 13.8. The van der Waals surface area contributed by atoms with Crippen LogP contribution in [0.3, 0.4) is 0 Å². The van der Waals surface area contributed by atoms with E-state index in [-0.39, 0.29) is 11.2 Å². The van der Waals surface area contributed by atoms with Crippen LogP contribution in [0, 0.1) is 23.6 Å². The summed E-state index contributed by atoms with van der Waals surface area (Å²) in [4.78, 5) is 2.72. The van der Waals surface area contributed by atoms with Crippen LogP contribution >= 0.6 is 0 Å². The second kappa shape index (κ2) is 6.26. The largest absolute Gasteiger partial charge is 0.384 e. The predicted molar refractivity (Wildman–Crippen MR) is 100 cm³/mol. The van der Waals surface area contributed by atoms with E-state index < -0.39 is 0 Å². The number of fused-ring (bicyclic) bond motifs is 4. The van der Waals surface area contributed by atoms with Gasteiger partial charge >= 0.3 is 0 Å². The van der Waals surface area contributed by atoms with Gasteiger partial charge in [0, 0.05) is 24.2 Å². The van der Waals surface area contributed by atoms with Crippen LogP contribution in [0.5, 0.6) is 0 Å².